The van der Waals surface area contributed by atoms with Gasteiger partial charge in [-0.15, -0.1) is 0 Å². The van der Waals surface area contributed by atoms with Crippen molar-refractivity contribution in [3.63, 3.8) is 0 Å². The van der Waals surface area contributed by atoms with Crippen LogP contribution in [0.3, 0.4) is 0 Å². The first-order chi connectivity index (χ1) is 11.1. The lowest BCUT2D eigenvalue weighted by Gasteiger charge is -2.07. The second kappa shape index (κ2) is 6.10. The molecule has 0 spiro atoms. The predicted molar refractivity (Wildman–Crippen MR) is 87.6 cm³/mol. The molecule has 23 heavy (non-hydrogen) atoms. The van der Waals surface area contributed by atoms with Gasteiger partial charge in [-0.2, -0.15) is 5.10 Å². The summed E-state index contributed by atoms with van der Waals surface area (Å²) in [5.74, 6) is -0.00675. The van der Waals surface area contributed by atoms with Gasteiger partial charge in [-0.25, -0.2) is 4.79 Å². The van der Waals surface area contributed by atoms with Crippen molar-refractivity contribution in [1.29, 1.82) is 0 Å². The molecule has 0 radical (unpaired) electrons. The van der Waals surface area contributed by atoms with Crippen molar-refractivity contribution in [2.75, 3.05) is 12.4 Å². The predicted octanol–water partition coefficient (Wildman–Crippen LogP) is 3.24. The number of esters is 1. The van der Waals surface area contributed by atoms with E-state index >= 15 is 0 Å². The molecule has 6 nitrogen and oxygen atoms in total. The number of nitrogens with one attached hydrogen (secondary N) is 2. The highest BCUT2D eigenvalue weighted by Gasteiger charge is 2.12. The number of hydrogen-bond acceptors (Lipinski definition) is 4. The largest absolute Gasteiger partial charge is 0.465 e. The highest BCUT2D eigenvalue weighted by molar-refractivity contribution is 6.33. The molecule has 1 amide bonds. The number of nitrogens with zero attached hydrogens (tertiary/aromatic N) is 1. The van der Waals surface area contributed by atoms with Gasteiger partial charge in [-0.1, -0.05) is 17.7 Å². The van der Waals surface area contributed by atoms with Crippen LogP contribution in [0.25, 0.3) is 22.0 Å². The molecule has 3 aromatic rings. The van der Waals surface area contributed by atoms with Gasteiger partial charge in [0.2, 0.25) is 6.41 Å². The van der Waals surface area contributed by atoms with E-state index in [2.05, 4.69) is 15.5 Å². The third-order valence-corrected chi connectivity index (χ3v) is 3.79. The Labute approximate surface area is 136 Å². The second-order valence-corrected chi connectivity index (χ2v) is 5.19. The van der Waals surface area contributed by atoms with Gasteiger partial charge in [-0.3, -0.25) is 9.89 Å². The van der Waals surface area contributed by atoms with E-state index in [-0.39, 0.29) is 0 Å². The third kappa shape index (κ3) is 2.76. The molecule has 0 aliphatic heterocycles. The minimum Gasteiger partial charge on any atom is -0.465 e. The average molecular weight is 330 g/mol. The summed E-state index contributed by atoms with van der Waals surface area (Å²) in [4.78, 5) is 22.3. The molecule has 0 aliphatic rings. The number of amides is 1. The van der Waals surface area contributed by atoms with Crippen molar-refractivity contribution in [2.45, 2.75) is 0 Å². The number of benzene rings is 2. The third-order valence-electron chi connectivity index (χ3n) is 3.46. The normalized spacial score (nSPS) is 10.5. The fraction of sp³-hybridized carbons (Fsp3) is 0.0625. The number of fused-ring (bicyclic) bond motifs is 1. The molecule has 7 heteroatoms. The number of methoxy groups -OCH3 is 1. The molecule has 0 unspecified atom stereocenters. The topological polar surface area (TPSA) is 84.1 Å². The van der Waals surface area contributed by atoms with E-state index < -0.39 is 5.97 Å². The molecular formula is C16H12ClN3O3. The van der Waals surface area contributed by atoms with Crippen molar-refractivity contribution >= 4 is 40.7 Å². The molecule has 2 N–H and O–H groups in total. The minimum atomic E-state index is -0.435. The molecule has 0 bridgehead atoms. The average Bonchev–Trinajstić information content (AvgIpc) is 2.97. The van der Waals surface area contributed by atoms with E-state index in [4.69, 9.17) is 16.3 Å². The number of carbonyl (C=O) groups is 2. The Morgan fingerprint density at radius 3 is 2.87 bits per heavy atom. The zero-order valence-corrected chi connectivity index (χ0v) is 12.8. The fourth-order valence-corrected chi connectivity index (χ4v) is 2.57. The summed E-state index contributed by atoms with van der Waals surface area (Å²) in [5.41, 5.74) is 2.67. The van der Waals surface area contributed by atoms with E-state index in [0.29, 0.717) is 28.4 Å². The second-order valence-electron chi connectivity index (χ2n) is 4.78. The van der Waals surface area contributed by atoms with Crippen molar-refractivity contribution < 1.29 is 14.3 Å². The zero-order chi connectivity index (χ0) is 16.4. The standard InChI is InChI=1S/C16H12ClN3O3/c1-23-16(22)10-2-4-13(17)11(7-10)9-3-5-14-12(6-9)15(18-8-21)20-19-14/h2-8H,1H3,(H2,18,19,20,21). The van der Waals surface area contributed by atoms with Crippen LogP contribution >= 0.6 is 11.6 Å². The summed E-state index contributed by atoms with van der Waals surface area (Å²) >= 11 is 6.26. The Morgan fingerprint density at radius 1 is 1.30 bits per heavy atom. The monoisotopic (exact) mass is 329 g/mol. The summed E-state index contributed by atoms with van der Waals surface area (Å²) in [6, 6.07) is 10.4. The highest BCUT2D eigenvalue weighted by atomic mass is 35.5. The molecule has 1 aromatic heterocycles. The molecule has 0 atom stereocenters. The van der Waals surface area contributed by atoms with Crippen molar-refractivity contribution in [3.8, 4) is 11.1 Å². The van der Waals surface area contributed by atoms with Crippen LogP contribution < -0.4 is 5.32 Å². The summed E-state index contributed by atoms with van der Waals surface area (Å²) < 4.78 is 4.73. The summed E-state index contributed by atoms with van der Waals surface area (Å²) in [7, 11) is 1.32. The molecule has 0 fully saturated rings. The van der Waals surface area contributed by atoms with Gasteiger partial charge < -0.3 is 10.1 Å². The molecule has 0 aliphatic carbocycles. The van der Waals surface area contributed by atoms with Crippen LogP contribution in [-0.2, 0) is 9.53 Å². The number of rotatable bonds is 4. The molecule has 116 valence electrons. The lowest BCUT2D eigenvalue weighted by atomic mass is 10.0. The highest BCUT2D eigenvalue weighted by Crippen LogP contribution is 2.32. The molecule has 0 saturated carbocycles. The first kappa shape index (κ1) is 15.1. The van der Waals surface area contributed by atoms with Gasteiger partial charge in [0.25, 0.3) is 0 Å². The van der Waals surface area contributed by atoms with Gasteiger partial charge >= 0.3 is 5.97 Å². The Morgan fingerprint density at radius 2 is 2.13 bits per heavy atom. The maximum absolute atomic E-state index is 11.7. The zero-order valence-electron chi connectivity index (χ0n) is 12.1. The number of ether oxygens (including phenoxy) is 1. The summed E-state index contributed by atoms with van der Waals surface area (Å²) in [5, 5.41) is 10.6. The number of halogens is 1. The Balaban J connectivity index is 2.14. The van der Waals surface area contributed by atoms with Gasteiger partial charge in [0.05, 0.1) is 18.2 Å². The number of aromatic nitrogens is 2. The van der Waals surface area contributed by atoms with Crippen LogP contribution in [-0.4, -0.2) is 29.7 Å². The van der Waals surface area contributed by atoms with Crippen LogP contribution in [0, 0.1) is 0 Å². The molecule has 1 heterocycles. The van der Waals surface area contributed by atoms with Crippen molar-refractivity contribution in [1.82, 2.24) is 10.2 Å². The molecule has 2 aromatic carbocycles. The number of H-pyrrole nitrogens is 1. The Bertz CT molecular complexity index is 905. The van der Waals surface area contributed by atoms with Crippen molar-refractivity contribution in [3.05, 3.63) is 47.0 Å². The van der Waals surface area contributed by atoms with E-state index in [0.717, 1.165) is 16.5 Å². The molecule has 0 saturated heterocycles. The molecular weight excluding hydrogens is 318 g/mol. The van der Waals surface area contributed by atoms with Gasteiger partial charge in [-0.05, 0) is 35.9 Å². The van der Waals surface area contributed by atoms with E-state index in [1.54, 1.807) is 18.2 Å². The van der Waals surface area contributed by atoms with Gasteiger partial charge in [0.1, 0.15) is 0 Å². The maximum atomic E-state index is 11.7. The van der Waals surface area contributed by atoms with Crippen molar-refractivity contribution in [2.24, 2.45) is 0 Å². The fourth-order valence-electron chi connectivity index (χ4n) is 2.34. The van der Waals surface area contributed by atoms with Crippen LogP contribution in [0.4, 0.5) is 5.82 Å². The van der Waals surface area contributed by atoms with E-state index in [1.807, 2.05) is 18.2 Å². The SMILES string of the molecule is COC(=O)c1ccc(Cl)c(-c2ccc3[nH]nc(NC=O)c3c2)c1. The number of carbonyl (C=O) groups excluding carboxylic acids is 2. The first-order valence-corrected chi connectivity index (χ1v) is 7.08. The summed E-state index contributed by atoms with van der Waals surface area (Å²) in [6.45, 7) is 0. The maximum Gasteiger partial charge on any atom is 0.337 e. The number of hydrogen-bond donors (Lipinski definition) is 2. The van der Waals surface area contributed by atoms with Crippen LogP contribution in [0.1, 0.15) is 10.4 Å². The first-order valence-electron chi connectivity index (χ1n) is 6.70. The van der Waals surface area contributed by atoms with Gasteiger partial charge in [0, 0.05) is 16.0 Å². The Hall–Kier alpha value is -2.86. The van der Waals surface area contributed by atoms with Gasteiger partial charge in [0.15, 0.2) is 5.82 Å². The number of aromatic amines is 1. The lowest BCUT2D eigenvalue weighted by Crippen LogP contribution is -2.01. The quantitative estimate of drug-likeness (QED) is 0.568. The Kier molecular flexibility index (Phi) is 3.99. The van der Waals surface area contributed by atoms with E-state index in [1.165, 1.54) is 7.11 Å². The summed E-state index contributed by atoms with van der Waals surface area (Å²) in [6.07, 6.45) is 0.563. The minimum absolute atomic E-state index is 0.408. The van der Waals surface area contributed by atoms with Crippen LogP contribution in [0.2, 0.25) is 5.02 Å². The molecule has 3 rings (SSSR count). The van der Waals surface area contributed by atoms with Crippen LogP contribution in [0.15, 0.2) is 36.4 Å². The number of anilines is 1. The van der Waals surface area contributed by atoms with E-state index in [9.17, 15) is 9.59 Å². The smallest absolute Gasteiger partial charge is 0.337 e. The lowest BCUT2D eigenvalue weighted by molar-refractivity contribution is -0.105. The van der Waals surface area contributed by atoms with Crippen LogP contribution in [0.5, 0.6) is 0 Å².